The van der Waals surface area contributed by atoms with Crippen molar-refractivity contribution in [1.82, 2.24) is 14.9 Å². The van der Waals surface area contributed by atoms with Gasteiger partial charge >= 0.3 is 15.5 Å². The number of rotatable bonds is 6. The number of hydrogen-bond donors (Lipinski definition) is 2. The highest BCUT2D eigenvalue weighted by molar-refractivity contribution is 14.0. The van der Waals surface area contributed by atoms with Gasteiger partial charge in [-0.15, -0.1) is 24.0 Å². The minimum Gasteiger partial charge on any atom is -0.357 e. The lowest BCUT2D eigenvalue weighted by Crippen LogP contribution is -2.47. The van der Waals surface area contributed by atoms with Crippen LogP contribution in [-0.2, 0) is 16.6 Å². The topological polar surface area (TPSA) is 73.8 Å². The summed E-state index contributed by atoms with van der Waals surface area (Å²) in [5.74, 6) is 0.195. The molecule has 1 saturated heterocycles. The molecule has 1 aromatic rings. The van der Waals surface area contributed by atoms with Crippen molar-refractivity contribution in [2.75, 3.05) is 26.2 Å². The van der Waals surface area contributed by atoms with Gasteiger partial charge in [0.2, 0.25) is 0 Å². The van der Waals surface area contributed by atoms with Gasteiger partial charge in [-0.25, -0.2) is 17.8 Å². The Hall–Kier alpha value is -1.15. The quantitative estimate of drug-likeness (QED) is 0.247. The van der Waals surface area contributed by atoms with E-state index in [2.05, 4.69) is 15.6 Å². The molecule has 1 aliphatic rings. The van der Waals surface area contributed by atoms with Gasteiger partial charge in [-0.2, -0.15) is 17.5 Å². The molecule has 0 saturated carbocycles. The van der Waals surface area contributed by atoms with E-state index in [9.17, 15) is 26.0 Å². The van der Waals surface area contributed by atoms with E-state index < -0.39 is 15.5 Å². The van der Waals surface area contributed by atoms with Gasteiger partial charge in [0, 0.05) is 26.2 Å². The average molecular weight is 552 g/mol. The zero-order chi connectivity index (χ0) is 20.8. The number of piperidine rings is 1. The van der Waals surface area contributed by atoms with E-state index in [0.29, 0.717) is 41.8 Å². The summed E-state index contributed by atoms with van der Waals surface area (Å²) in [6.45, 7) is 2.90. The van der Waals surface area contributed by atoms with Gasteiger partial charge < -0.3 is 10.6 Å². The number of hydrogen-bond acceptors (Lipinski definition) is 3. The Bertz CT molecular complexity index is 782. The number of nitrogens with zero attached hydrogens (tertiary/aromatic N) is 2. The Labute approximate surface area is 185 Å². The average Bonchev–Trinajstić information content (AvgIpc) is 2.63. The summed E-state index contributed by atoms with van der Waals surface area (Å²) in [5.41, 5.74) is -4.55. The van der Waals surface area contributed by atoms with Crippen LogP contribution in [0.4, 0.5) is 17.6 Å². The third-order valence-corrected chi connectivity index (χ3v) is 6.05. The van der Waals surface area contributed by atoms with E-state index in [1.54, 1.807) is 12.1 Å². The van der Waals surface area contributed by atoms with E-state index >= 15 is 0 Å². The van der Waals surface area contributed by atoms with E-state index in [-0.39, 0.29) is 55.3 Å². The molecule has 0 bridgehead atoms. The summed E-state index contributed by atoms with van der Waals surface area (Å²) >= 11 is 0. The Morgan fingerprint density at radius 1 is 1.24 bits per heavy atom. The van der Waals surface area contributed by atoms with Crippen molar-refractivity contribution < 1.29 is 26.0 Å². The summed E-state index contributed by atoms with van der Waals surface area (Å²) < 4.78 is 74.4. The lowest BCUT2D eigenvalue weighted by atomic mass is 9.98. The smallest absolute Gasteiger partial charge is 0.357 e. The molecule has 1 aromatic carbocycles. The molecule has 0 unspecified atom stereocenters. The van der Waals surface area contributed by atoms with Gasteiger partial charge in [0.05, 0.1) is 6.54 Å². The van der Waals surface area contributed by atoms with Crippen LogP contribution in [-0.4, -0.2) is 50.4 Å². The molecular formula is C17H25F4IN4O2S. The van der Waals surface area contributed by atoms with Crippen molar-refractivity contribution in [2.45, 2.75) is 31.8 Å². The van der Waals surface area contributed by atoms with Crippen LogP contribution < -0.4 is 10.6 Å². The summed E-state index contributed by atoms with van der Waals surface area (Å²) in [4.78, 5) is 4.37. The first-order valence-corrected chi connectivity index (χ1v) is 10.4. The number of sulfonamides is 1. The first-order valence-electron chi connectivity index (χ1n) is 8.96. The molecule has 0 spiro atoms. The van der Waals surface area contributed by atoms with Crippen molar-refractivity contribution in [3.05, 3.63) is 35.6 Å². The van der Waals surface area contributed by atoms with Gasteiger partial charge in [0.15, 0.2) is 5.96 Å². The fourth-order valence-corrected chi connectivity index (χ4v) is 3.87. The highest BCUT2D eigenvalue weighted by atomic mass is 127. The van der Waals surface area contributed by atoms with Crippen molar-refractivity contribution in [2.24, 2.45) is 10.9 Å². The fourth-order valence-electron chi connectivity index (χ4n) is 2.89. The van der Waals surface area contributed by atoms with Gasteiger partial charge in [-0.3, -0.25) is 0 Å². The first kappa shape index (κ1) is 25.9. The third kappa shape index (κ3) is 7.55. The number of benzene rings is 1. The molecule has 2 rings (SSSR count). The molecule has 12 heteroatoms. The SMILES string of the molecule is CCNC(=NCc1cccc(F)c1)NCC1CCN(S(=O)(=O)C(F)(F)F)CC1.I. The van der Waals surface area contributed by atoms with Crippen molar-refractivity contribution >= 4 is 40.0 Å². The van der Waals surface area contributed by atoms with Crippen LogP contribution in [0.5, 0.6) is 0 Å². The zero-order valence-electron chi connectivity index (χ0n) is 15.9. The highest BCUT2D eigenvalue weighted by Crippen LogP contribution is 2.30. The lowest BCUT2D eigenvalue weighted by molar-refractivity contribution is -0.0496. The van der Waals surface area contributed by atoms with Crippen LogP contribution in [0.25, 0.3) is 0 Å². The summed E-state index contributed by atoms with van der Waals surface area (Å²) in [7, 11) is -5.26. The summed E-state index contributed by atoms with van der Waals surface area (Å²) in [6.07, 6.45) is 0.650. The normalized spacial score (nSPS) is 16.9. The Morgan fingerprint density at radius 3 is 2.45 bits per heavy atom. The molecule has 29 heavy (non-hydrogen) atoms. The minimum absolute atomic E-state index is 0. The molecule has 0 aromatic heterocycles. The predicted octanol–water partition coefficient (Wildman–Crippen LogP) is 3.06. The second kappa shape index (κ2) is 11.3. The van der Waals surface area contributed by atoms with E-state index in [0.717, 1.165) is 0 Å². The van der Waals surface area contributed by atoms with Crippen molar-refractivity contribution in [3.8, 4) is 0 Å². The van der Waals surface area contributed by atoms with Crippen molar-refractivity contribution in [1.29, 1.82) is 0 Å². The largest absolute Gasteiger partial charge is 0.511 e. The number of aliphatic imine (C=N–C) groups is 1. The van der Waals surface area contributed by atoms with Crippen molar-refractivity contribution in [3.63, 3.8) is 0 Å². The number of guanidine groups is 1. The lowest BCUT2D eigenvalue weighted by Gasteiger charge is -2.31. The molecule has 0 aliphatic carbocycles. The van der Waals surface area contributed by atoms with Gasteiger partial charge in [-0.05, 0) is 43.4 Å². The maximum absolute atomic E-state index is 13.2. The standard InChI is InChI=1S/C17H24F4N4O2S.HI/c1-2-22-16(24-12-14-4-3-5-15(18)10-14)23-11-13-6-8-25(9-7-13)28(26,27)17(19,20)21;/h3-5,10,13H,2,6-9,11-12H2,1H3,(H2,22,23,24);1H. The Morgan fingerprint density at radius 2 is 1.90 bits per heavy atom. The third-order valence-electron chi connectivity index (χ3n) is 4.42. The second-order valence-corrected chi connectivity index (χ2v) is 8.43. The zero-order valence-corrected chi connectivity index (χ0v) is 19.0. The monoisotopic (exact) mass is 552 g/mol. The van der Waals surface area contributed by atoms with E-state index in [1.165, 1.54) is 12.1 Å². The molecule has 0 atom stereocenters. The maximum atomic E-state index is 13.2. The van der Waals surface area contributed by atoms with Gasteiger partial charge in [-0.1, -0.05) is 12.1 Å². The molecule has 1 fully saturated rings. The van der Waals surface area contributed by atoms with Crippen LogP contribution in [0.3, 0.4) is 0 Å². The minimum atomic E-state index is -5.26. The maximum Gasteiger partial charge on any atom is 0.511 e. The molecule has 2 N–H and O–H groups in total. The predicted molar refractivity (Wildman–Crippen MR) is 114 cm³/mol. The fraction of sp³-hybridized carbons (Fsp3) is 0.588. The van der Waals surface area contributed by atoms with Gasteiger partial charge in [0.1, 0.15) is 5.82 Å². The number of halogens is 5. The van der Waals surface area contributed by atoms with Crippen LogP contribution in [0, 0.1) is 11.7 Å². The Balaban J connectivity index is 0.00000420. The molecule has 1 heterocycles. The van der Waals surface area contributed by atoms with Crippen LogP contribution in [0.1, 0.15) is 25.3 Å². The molecule has 0 radical (unpaired) electrons. The molecule has 0 amide bonds. The molecule has 1 aliphatic heterocycles. The Kier molecular flexibility index (Phi) is 10.1. The number of alkyl halides is 3. The number of nitrogens with one attached hydrogen (secondary N) is 2. The second-order valence-electron chi connectivity index (χ2n) is 6.50. The van der Waals surface area contributed by atoms with Crippen LogP contribution in [0.2, 0.25) is 0 Å². The summed E-state index contributed by atoms with van der Waals surface area (Å²) in [5, 5.41) is 6.16. The van der Waals surface area contributed by atoms with Gasteiger partial charge in [0.25, 0.3) is 0 Å². The van der Waals surface area contributed by atoms with Crippen LogP contribution >= 0.6 is 24.0 Å². The first-order chi connectivity index (χ1) is 13.1. The van der Waals surface area contributed by atoms with E-state index in [1.807, 2.05) is 6.92 Å². The highest BCUT2D eigenvalue weighted by Gasteiger charge is 2.50. The molecular weight excluding hydrogens is 527 g/mol. The van der Waals surface area contributed by atoms with E-state index in [4.69, 9.17) is 0 Å². The van der Waals surface area contributed by atoms with Crippen LogP contribution in [0.15, 0.2) is 29.3 Å². The molecule has 166 valence electrons. The molecule has 6 nitrogen and oxygen atoms in total. The summed E-state index contributed by atoms with van der Waals surface area (Å²) in [6, 6.07) is 6.10.